The molecule has 4 amide bonds. The maximum Gasteiger partial charge on any atom is 0.325 e. The van der Waals surface area contributed by atoms with E-state index < -0.39 is 17.5 Å². The van der Waals surface area contributed by atoms with Crippen molar-refractivity contribution in [3.63, 3.8) is 0 Å². The quantitative estimate of drug-likeness (QED) is 0.609. The summed E-state index contributed by atoms with van der Waals surface area (Å²) < 4.78 is 0. The predicted octanol–water partition coefficient (Wildman–Crippen LogP) is 2.61. The van der Waals surface area contributed by atoms with Gasteiger partial charge in [-0.15, -0.1) is 0 Å². The maximum atomic E-state index is 12.9. The van der Waals surface area contributed by atoms with Crippen LogP contribution in [0.5, 0.6) is 0 Å². The fourth-order valence-corrected chi connectivity index (χ4v) is 3.77. The van der Waals surface area contributed by atoms with Crippen molar-refractivity contribution in [1.82, 2.24) is 20.4 Å². The number of hydrogen-bond donors (Lipinski definition) is 2. The maximum absolute atomic E-state index is 12.9. The zero-order chi connectivity index (χ0) is 22.4. The average Bonchev–Trinajstić information content (AvgIpc) is 3.01. The van der Waals surface area contributed by atoms with Gasteiger partial charge < -0.3 is 10.6 Å². The van der Waals surface area contributed by atoms with Crippen LogP contribution in [0, 0.1) is 0 Å². The second kappa shape index (κ2) is 9.75. The van der Waals surface area contributed by atoms with Crippen LogP contribution in [0.3, 0.4) is 0 Å². The van der Waals surface area contributed by atoms with E-state index in [-0.39, 0.29) is 12.5 Å². The van der Waals surface area contributed by atoms with Crippen LogP contribution in [0.15, 0.2) is 54.6 Å². The first-order valence-electron chi connectivity index (χ1n) is 10.6. The van der Waals surface area contributed by atoms with E-state index in [1.165, 1.54) is 0 Å². The van der Waals surface area contributed by atoms with Gasteiger partial charge in [0.25, 0.3) is 5.91 Å². The van der Waals surface area contributed by atoms with Gasteiger partial charge in [0.2, 0.25) is 5.91 Å². The molecule has 0 spiro atoms. The Morgan fingerprint density at radius 1 is 1.00 bits per heavy atom. The molecule has 164 valence electrons. The van der Waals surface area contributed by atoms with Crippen molar-refractivity contribution in [2.24, 2.45) is 0 Å². The molecule has 1 aliphatic rings. The van der Waals surface area contributed by atoms with E-state index in [2.05, 4.69) is 35.4 Å². The molecule has 7 nitrogen and oxygen atoms in total. The highest BCUT2D eigenvalue weighted by molar-refractivity contribution is 6.09. The number of nitrogens with one attached hydrogen (secondary N) is 2. The number of amides is 4. The number of urea groups is 1. The molecule has 0 radical (unpaired) electrons. The van der Waals surface area contributed by atoms with E-state index in [0.717, 1.165) is 35.7 Å². The highest BCUT2D eigenvalue weighted by Gasteiger charge is 2.49. The molecule has 31 heavy (non-hydrogen) atoms. The highest BCUT2D eigenvalue weighted by atomic mass is 16.2. The smallest absolute Gasteiger partial charge is 0.325 e. The van der Waals surface area contributed by atoms with Crippen molar-refractivity contribution in [1.29, 1.82) is 0 Å². The molecule has 1 aliphatic heterocycles. The third-order valence-corrected chi connectivity index (χ3v) is 5.81. The molecule has 1 atom stereocenters. The van der Waals surface area contributed by atoms with Crippen LogP contribution in [0.4, 0.5) is 4.79 Å². The fourth-order valence-electron chi connectivity index (χ4n) is 3.77. The van der Waals surface area contributed by atoms with Crippen molar-refractivity contribution in [3.8, 4) is 0 Å². The van der Waals surface area contributed by atoms with Gasteiger partial charge in [0.1, 0.15) is 12.1 Å². The molecule has 1 heterocycles. The molecule has 2 aromatic rings. The number of imide groups is 1. The average molecular weight is 423 g/mol. The lowest BCUT2D eigenvalue weighted by Gasteiger charge is -2.22. The second-order valence-corrected chi connectivity index (χ2v) is 7.82. The topological polar surface area (TPSA) is 81.8 Å². The molecule has 0 aliphatic carbocycles. The van der Waals surface area contributed by atoms with Gasteiger partial charge in [-0.3, -0.25) is 19.4 Å². The summed E-state index contributed by atoms with van der Waals surface area (Å²) in [4.78, 5) is 41.2. The fraction of sp³-hybridized carbons (Fsp3) is 0.375. The summed E-state index contributed by atoms with van der Waals surface area (Å²) in [7, 11) is 0. The zero-order valence-corrected chi connectivity index (χ0v) is 18.4. The SMILES string of the molecule is CCN(CC)Cc1ccccc1CNC(=O)CN1C(=O)N[C@@](C)(c2ccccc2)C1=O. The van der Waals surface area contributed by atoms with Crippen LogP contribution < -0.4 is 10.6 Å². The first-order valence-corrected chi connectivity index (χ1v) is 10.6. The Morgan fingerprint density at radius 3 is 2.26 bits per heavy atom. The zero-order valence-electron chi connectivity index (χ0n) is 18.4. The van der Waals surface area contributed by atoms with Crippen LogP contribution in [-0.4, -0.2) is 47.3 Å². The molecule has 0 unspecified atom stereocenters. The molecule has 0 aromatic heterocycles. The second-order valence-electron chi connectivity index (χ2n) is 7.82. The molecular weight excluding hydrogens is 392 g/mol. The van der Waals surface area contributed by atoms with Gasteiger partial charge in [-0.25, -0.2) is 4.79 Å². The molecule has 7 heteroatoms. The van der Waals surface area contributed by atoms with E-state index in [4.69, 9.17) is 0 Å². The molecular formula is C24H30N4O3. The summed E-state index contributed by atoms with van der Waals surface area (Å²) in [6.07, 6.45) is 0. The third kappa shape index (κ3) is 4.94. The molecule has 2 N–H and O–H groups in total. The first-order chi connectivity index (χ1) is 14.9. The molecule has 0 bridgehead atoms. The molecule has 2 aromatic carbocycles. The van der Waals surface area contributed by atoms with Gasteiger partial charge in [-0.05, 0) is 36.7 Å². The Morgan fingerprint density at radius 2 is 1.61 bits per heavy atom. The summed E-state index contributed by atoms with van der Waals surface area (Å²) in [5, 5.41) is 5.57. The number of nitrogens with zero attached hydrogens (tertiary/aromatic N) is 2. The number of carbonyl (C=O) groups is 3. The molecule has 3 rings (SSSR count). The van der Waals surface area contributed by atoms with Crippen LogP contribution >= 0.6 is 0 Å². The van der Waals surface area contributed by atoms with Crippen LogP contribution in [-0.2, 0) is 28.2 Å². The van der Waals surface area contributed by atoms with E-state index in [9.17, 15) is 14.4 Å². The van der Waals surface area contributed by atoms with Gasteiger partial charge in [0, 0.05) is 13.1 Å². The van der Waals surface area contributed by atoms with Crippen LogP contribution in [0.2, 0.25) is 0 Å². The summed E-state index contributed by atoms with van der Waals surface area (Å²) in [6.45, 7) is 8.63. The van der Waals surface area contributed by atoms with Crippen LogP contribution in [0.1, 0.15) is 37.5 Å². The number of rotatable bonds is 9. The molecule has 1 fully saturated rings. The third-order valence-electron chi connectivity index (χ3n) is 5.81. The molecule has 0 saturated carbocycles. The minimum Gasteiger partial charge on any atom is -0.350 e. The van der Waals surface area contributed by atoms with Gasteiger partial charge >= 0.3 is 6.03 Å². The monoisotopic (exact) mass is 422 g/mol. The summed E-state index contributed by atoms with van der Waals surface area (Å²) >= 11 is 0. The van der Waals surface area contributed by atoms with E-state index in [0.29, 0.717) is 12.1 Å². The number of hydrogen-bond acceptors (Lipinski definition) is 4. The minimum absolute atomic E-state index is 0.314. The largest absolute Gasteiger partial charge is 0.350 e. The Balaban J connectivity index is 1.63. The van der Waals surface area contributed by atoms with Gasteiger partial charge in [0.15, 0.2) is 0 Å². The lowest BCUT2D eigenvalue weighted by Crippen LogP contribution is -2.43. The number of benzene rings is 2. The van der Waals surface area contributed by atoms with Crippen molar-refractivity contribution in [2.75, 3.05) is 19.6 Å². The van der Waals surface area contributed by atoms with Gasteiger partial charge in [-0.1, -0.05) is 68.4 Å². The van der Waals surface area contributed by atoms with Crippen molar-refractivity contribution < 1.29 is 14.4 Å². The van der Waals surface area contributed by atoms with Crippen molar-refractivity contribution in [2.45, 2.75) is 39.4 Å². The summed E-state index contributed by atoms with van der Waals surface area (Å²) in [5.41, 5.74) is 1.68. The Bertz CT molecular complexity index is 943. The van der Waals surface area contributed by atoms with E-state index in [1.54, 1.807) is 19.1 Å². The Labute approximate surface area is 183 Å². The minimum atomic E-state index is -1.17. The Kier molecular flexibility index (Phi) is 7.07. The van der Waals surface area contributed by atoms with E-state index >= 15 is 0 Å². The number of carbonyl (C=O) groups excluding carboxylic acids is 3. The highest BCUT2D eigenvalue weighted by Crippen LogP contribution is 2.28. The lowest BCUT2D eigenvalue weighted by molar-refractivity contribution is -0.134. The molecule has 1 saturated heterocycles. The van der Waals surface area contributed by atoms with E-state index in [1.807, 2.05) is 36.4 Å². The van der Waals surface area contributed by atoms with Crippen molar-refractivity contribution >= 4 is 17.8 Å². The van der Waals surface area contributed by atoms with Gasteiger partial charge in [0.05, 0.1) is 0 Å². The predicted molar refractivity (Wildman–Crippen MR) is 119 cm³/mol. The normalized spacial score (nSPS) is 18.4. The summed E-state index contributed by atoms with van der Waals surface area (Å²) in [6, 6.07) is 16.4. The van der Waals surface area contributed by atoms with Crippen molar-refractivity contribution in [3.05, 3.63) is 71.3 Å². The lowest BCUT2D eigenvalue weighted by atomic mass is 9.92. The first kappa shape index (κ1) is 22.5. The standard InChI is InChI=1S/C24H30N4O3/c1-4-27(5-2)16-19-12-10-9-11-18(19)15-25-21(29)17-28-22(30)24(3,26-23(28)31)20-13-7-6-8-14-20/h6-14H,4-5,15-17H2,1-3H3,(H,25,29)(H,26,31)/t24-/m0/s1. The van der Waals surface area contributed by atoms with Gasteiger partial charge in [-0.2, -0.15) is 0 Å². The summed E-state index contributed by atoms with van der Waals surface area (Å²) in [5.74, 6) is -0.806. The van der Waals surface area contributed by atoms with Crippen LogP contribution in [0.25, 0.3) is 0 Å². The Hall–Kier alpha value is -3.19.